The average molecular weight is 88.1 g/mol. The molecule has 1 atom stereocenters. The van der Waals surface area contributed by atoms with Crippen molar-refractivity contribution in [2.45, 2.75) is 13.0 Å². The van der Waals surface area contributed by atoms with E-state index in [0.29, 0.717) is 0 Å². The summed E-state index contributed by atoms with van der Waals surface area (Å²) in [5.41, 5.74) is 0. The van der Waals surface area contributed by atoms with Crippen LogP contribution in [0.1, 0.15) is 6.92 Å². The van der Waals surface area contributed by atoms with Gasteiger partial charge in [-0.25, -0.2) is 0 Å². The molecule has 0 aliphatic carbocycles. The molecule has 1 unspecified atom stereocenters. The summed E-state index contributed by atoms with van der Waals surface area (Å²) in [5, 5.41) is 8.12. The Kier molecular flexibility index (Phi) is 6.78. The van der Waals surface area contributed by atoms with E-state index in [4.69, 9.17) is 5.11 Å². The zero-order valence-corrected chi connectivity index (χ0v) is 3.60. The normalized spacial score (nSPS) is 10.8. The number of aliphatic hydroxyl groups is 1. The minimum atomic E-state index is -0.588. The second-order valence-electron chi connectivity index (χ2n) is 0.843. The maximum absolute atomic E-state index is 8.12. The topological polar surface area (TPSA) is 51.7 Å². The van der Waals surface area contributed by atoms with E-state index in [1.54, 1.807) is 6.92 Å². The van der Waals surface area contributed by atoms with E-state index in [-0.39, 0.29) is 5.48 Å². The van der Waals surface area contributed by atoms with Crippen molar-refractivity contribution < 1.29 is 10.6 Å². The van der Waals surface area contributed by atoms with Crippen LogP contribution < -0.4 is 0 Å². The SMILES string of the molecule is C#CC(C)O.O. The van der Waals surface area contributed by atoms with Crippen LogP contribution in [-0.2, 0) is 0 Å². The van der Waals surface area contributed by atoms with Crippen molar-refractivity contribution in [3.05, 3.63) is 0 Å². The number of rotatable bonds is 0. The molecule has 0 aliphatic heterocycles. The first kappa shape index (κ1) is 9.08. The van der Waals surface area contributed by atoms with Gasteiger partial charge in [0.25, 0.3) is 0 Å². The standard InChI is InChI=1S/C4H6O.H2O/c1-3-4(2)5;/h1,4-5H,2H3;1H2. The van der Waals surface area contributed by atoms with E-state index in [9.17, 15) is 0 Å². The van der Waals surface area contributed by atoms with Crippen LogP contribution in [0.5, 0.6) is 0 Å². The van der Waals surface area contributed by atoms with E-state index in [0.717, 1.165) is 0 Å². The lowest BCUT2D eigenvalue weighted by atomic mass is 10.4. The van der Waals surface area contributed by atoms with Crippen molar-refractivity contribution in [3.8, 4) is 12.3 Å². The van der Waals surface area contributed by atoms with Gasteiger partial charge in [0.2, 0.25) is 0 Å². The van der Waals surface area contributed by atoms with Crippen LogP contribution in [0.3, 0.4) is 0 Å². The molecule has 0 rings (SSSR count). The van der Waals surface area contributed by atoms with Gasteiger partial charge in [-0.15, -0.1) is 6.42 Å². The lowest BCUT2D eigenvalue weighted by molar-refractivity contribution is 0.253. The molecule has 0 aliphatic rings. The summed E-state index contributed by atoms with van der Waals surface area (Å²) in [6, 6.07) is 0. The number of hydrogen-bond donors (Lipinski definition) is 1. The van der Waals surface area contributed by atoms with E-state index in [1.165, 1.54) is 0 Å². The minimum absolute atomic E-state index is 0. The molecule has 0 spiro atoms. The molecule has 0 saturated heterocycles. The highest BCUT2D eigenvalue weighted by molar-refractivity contribution is 4.89. The Morgan fingerprint density at radius 2 is 2.00 bits per heavy atom. The predicted octanol–water partition coefficient (Wildman–Crippen LogP) is -0.824. The molecule has 0 aromatic carbocycles. The summed E-state index contributed by atoms with van der Waals surface area (Å²) in [6.07, 6.45) is 4.08. The van der Waals surface area contributed by atoms with Crippen LogP contribution in [0.15, 0.2) is 0 Å². The second-order valence-corrected chi connectivity index (χ2v) is 0.843. The molecule has 0 heterocycles. The number of hydrogen-bond acceptors (Lipinski definition) is 1. The van der Waals surface area contributed by atoms with Gasteiger partial charge in [0.05, 0.1) is 0 Å². The lowest BCUT2D eigenvalue weighted by Gasteiger charge is -1.80. The van der Waals surface area contributed by atoms with Crippen molar-refractivity contribution in [2.75, 3.05) is 0 Å². The van der Waals surface area contributed by atoms with Crippen LogP contribution in [0, 0.1) is 12.3 Å². The van der Waals surface area contributed by atoms with E-state index >= 15 is 0 Å². The van der Waals surface area contributed by atoms with E-state index < -0.39 is 6.10 Å². The maximum Gasteiger partial charge on any atom is 0.111 e. The Bertz CT molecular complexity index is 51.1. The van der Waals surface area contributed by atoms with Gasteiger partial charge in [0.1, 0.15) is 6.10 Å². The molecule has 2 nitrogen and oxygen atoms in total. The Hall–Kier alpha value is -0.520. The van der Waals surface area contributed by atoms with Gasteiger partial charge >= 0.3 is 0 Å². The molecule has 0 aromatic rings. The van der Waals surface area contributed by atoms with Crippen LogP contribution >= 0.6 is 0 Å². The van der Waals surface area contributed by atoms with Gasteiger partial charge in [0.15, 0.2) is 0 Å². The van der Waals surface area contributed by atoms with Crippen molar-refractivity contribution in [2.24, 2.45) is 0 Å². The van der Waals surface area contributed by atoms with Gasteiger partial charge in [-0.1, -0.05) is 5.92 Å². The minimum Gasteiger partial charge on any atom is -0.412 e. The molecule has 0 amide bonds. The monoisotopic (exact) mass is 88.1 g/mol. The number of terminal acetylenes is 1. The van der Waals surface area contributed by atoms with Crippen molar-refractivity contribution in [1.29, 1.82) is 0 Å². The van der Waals surface area contributed by atoms with Crippen LogP contribution in [0.25, 0.3) is 0 Å². The summed E-state index contributed by atoms with van der Waals surface area (Å²) in [6.45, 7) is 1.54. The van der Waals surface area contributed by atoms with Gasteiger partial charge in [0, 0.05) is 0 Å². The molecule has 0 radical (unpaired) electrons. The fourth-order valence-electron chi connectivity index (χ4n) is 0. The van der Waals surface area contributed by atoms with E-state index in [1.807, 2.05) is 0 Å². The maximum atomic E-state index is 8.12. The largest absolute Gasteiger partial charge is 0.412 e. The van der Waals surface area contributed by atoms with Gasteiger partial charge in [-0.05, 0) is 6.92 Å². The quantitative estimate of drug-likeness (QED) is 0.386. The van der Waals surface area contributed by atoms with Crippen molar-refractivity contribution in [3.63, 3.8) is 0 Å². The van der Waals surface area contributed by atoms with Crippen molar-refractivity contribution in [1.82, 2.24) is 0 Å². The second kappa shape index (κ2) is 4.48. The lowest BCUT2D eigenvalue weighted by Crippen LogP contribution is -1.90. The summed E-state index contributed by atoms with van der Waals surface area (Å²) >= 11 is 0. The van der Waals surface area contributed by atoms with Gasteiger partial charge < -0.3 is 10.6 Å². The summed E-state index contributed by atoms with van der Waals surface area (Å²) in [5.74, 6) is 2.08. The Labute approximate surface area is 37.1 Å². The molecule has 0 bridgehead atoms. The third-order valence-electron chi connectivity index (χ3n) is 0.241. The predicted molar refractivity (Wildman–Crippen MR) is 24.1 cm³/mol. The highest BCUT2D eigenvalue weighted by Crippen LogP contribution is 1.66. The molecule has 0 fully saturated rings. The highest BCUT2D eigenvalue weighted by atomic mass is 16.3. The Morgan fingerprint density at radius 1 is 1.83 bits per heavy atom. The molecule has 6 heavy (non-hydrogen) atoms. The zero-order valence-electron chi connectivity index (χ0n) is 3.60. The molecule has 3 N–H and O–H groups in total. The summed E-state index contributed by atoms with van der Waals surface area (Å²) in [4.78, 5) is 0. The first-order valence-corrected chi connectivity index (χ1v) is 1.41. The number of aliphatic hydroxyl groups excluding tert-OH is 1. The average Bonchev–Trinajstić information content (AvgIpc) is 1.38. The molecular formula is C4H8O2. The third kappa shape index (κ3) is 9.77. The summed E-state index contributed by atoms with van der Waals surface area (Å²) < 4.78 is 0. The Morgan fingerprint density at radius 3 is 2.00 bits per heavy atom. The van der Waals surface area contributed by atoms with Crippen LogP contribution in [0.4, 0.5) is 0 Å². The molecule has 36 valence electrons. The molecular weight excluding hydrogens is 80.0 g/mol. The third-order valence-corrected chi connectivity index (χ3v) is 0.241. The van der Waals surface area contributed by atoms with Gasteiger partial charge in [-0.3, -0.25) is 0 Å². The fraction of sp³-hybridized carbons (Fsp3) is 0.500. The van der Waals surface area contributed by atoms with Crippen LogP contribution in [0.2, 0.25) is 0 Å². The molecule has 0 saturated carbocycles. The highest BCUT2D eigenvalue weighted by Gasteiger charge is 1.75. The first-order chi connectivity index (χ1) is 2.27. The zero-order chi connectivity index (χ0) is 4.28. The van der Waals surface area contributed by atoms with Gasteiger partial charge in [-0.2, -0.15) is 0 Å². The van der Waals surface area contributed by atoms with Crippen LogP contribution in [-0.4, -0.2) is 16.7 Å². The van der Waals surface area contributed by atoms with Crippen molar-refractivity contribution >= 4 is 0 Å². The Balaban J connectivity index is 0. The molecule has 2 heteroatoms. The summed E-state index contributed by atoms with van der Waals surface area (Å²) in [7, 11) is 0. The molecule has 0 aromatic heterocycles. The van der Waals surface area contributed by atoms with E-state index in [2.05, 4.69) is 12.3 Å². The fourth-order valence-corrected chi connectivity index (χ4v) is 0. The smallest absolute Gasteiger partial charge is 0.111 e. The first-order valence-electron chi connectivity index (χ1n) is 1.41.